The minimum absolute atomic E-state index is 0.182. The summed E-state index contributed by atoms with van der Waals surface area (Å²) in [6.07, 6.45) is 0. The molecule has 0 saturated carbocycles. The van der Waals surface area contributed by atoms with Crippen LogP contribution < -0.4 is 5.32 Å². The second-order valence-corrected chi connectivity index (χ2v) is 3.54. The van der Waals surface area contributed by atoms with Crippen LogP contribution in [0.5, 0.6) is 0 Å². The summed E-state index contributed by atoms with van der Waals surface area (Å²) in [6.45, 7) is 6.92. The fourth-order valence-corrected chi connectivity index (χ4v) is 1.62. The number of hydrogen-bond donors (Lipinski definition) is 1. The first-order valence-corrected chi connectivity index (χ1v) is 4.88. The van der Waals surface area contributed by atoms with Crippen molar-refractivity contribution in [3.63, 3.8) is 0 Å². The Balaban J connectivity index is 2.99. The van der Waals surface area contributed by atoms with Crippen LogP contribution in [0.3, 0.4) is 0 Å². The highest BCUT2D eigenvalue weighted by molar-refractivity contribution is 5.33. The first-order valence-electron chi connectivity index (χ1n) is 4.88. The van der Waals surface area contributed by atoms with E-state index in [4.69, 9.17) is 5.26 Å². The Morgan fingerprint density at radius 3 is 2.29 bits per heavy atom. The van der Waals surface area contributed by atoms with E-state index in [2.05, 4.69) is 43.4 Å². The van der Waals surface area contributed by atoms with Gasteiger partial charge in [-0.2, -0.15) is 5.26 Å². The van der Waals surface area contributed by atoms with E-state index < -0.39 is 0 Å². The molecule has 1 aromatic carbocycles. The summed E-state index contributed by atoms with van der Waals surface area (Å²) in [6, 6.07) is 8.31. The van der Waals surface area contributed by atoms with Gasteiger partial charge in [0, 0.05) is 0 Å². The molecule has 0 fully saturated rings. The Kier molecular flexibility index (Phi) is 3.67. The Bertz CT molecular complexity index is 330. The van der Waals surface area contributed by atoms with Crippen LogP contribution in [-0.4, -0.2) is 6.54 Å². The second-order valence-electron chi connectivity index (χ2n) is 3.54. The van der Waals surface area contributed by atoms with Crippen LogP contribution in [0, 0.1) is 25.2 Å². The SMILES string of the molecule is CCNC(C#N)c1cc(C)cc(C)c1. The van der Waals surface area contributed by atoms with E-state index >= 15 is 0 Å². The van der Waals surface area contributed by atoms with Crippen LogP contribution in [0.15, 0.2) is 18.2 Å². The lowest BCUT2D eigenvalue weighted by Crippen LogP contribution is -2.19. The van der Waals surface area contributed by atoms with Crippen molar-refractivity contribution in [2.24, 2.45) is 0 Å². The molecule has 2 nitrogen and oxygen atoms in total. The van der Waals surface area contributed by atoms with Crippen molar-refractivity contribution in [1.29, 1.82) is 5.26 Å². The number of nitrogens with one attached hydrogen (secondary N) is 1. The molecule has 0 aliphatic carbocycles. The van der Waals surface area contributed by atoms with Crippen molar-refractivity contribution < 1.29 is 0 Å². The van der Waals surface area contributed by atoms with Crippen molar-refractivity contribution >= 4 is 0 Å². The number of hydrogen-bond acceptors (Lipinski definition) is 2. The summed E-state index contributed by atoms with van der Waals surface area (Å²) in [4.78, 5) is 0. The molecule has 2 heteroatoms. The predicted molar refractivity (Wildman–Crippen MR) is 57.9 cm³/mol. The molecule has 1 aromatic rings. The molecule has 0 amide bonds. The fourth-order valence-electron chi connectivity index (χ4n) is 1.62. The van der Waals surface area contributed by atoms with Gasteiger partial charge in [-0.1, -0.05) is 36.2 Å². The third kappa shape index (κ3) is 2.58. The fraction of sp³-hybridized carbons (Fsp3) is 0.417. The third-order valence-electron chi connectivity index (χ3n) is 2.11. The Morgan fingerprint density at radius 2 is 1.86 bits per heavy atom. The molecular weight excluding hydrogens is 172 g/mol. The van der Waals surface area contributed by atoms with Crippen molar-refractivity contribution in [2.75, 3.05) is 6.54 Å². The van der Waals surface area contributed by atoms with E-state index in [0.717, 1.165) is 12.1 Å². The molecule has 0 aromatic heterocycles. The molecule has 1 rings (SSSR count). The Hall–Kier alpha value is -1.33. The van der Waals surface area contributed by atoms with Gasteiger partial charge in [0.15, 0.2) is 0 Å². The largest absolute Gasteiger partial charge is 0.298 e. The average molecular weight is 188 g/mol. The third-order valence-corrected chi connectivity index (χ3v) is 2.11. The summed E-state index contributed by atoms with van der Waals surface area (Å²) in [5.74, 6) is 0. The van der Waals surface area contributed by atoms with Gasteiger partial charge in [-0.25, -0.2) is 0 Å². The van der Waals surface area contributed by atoms with Crippen LogP contribution in [0.2, 0.25) is 0 Å². The topological polar surface area (TPSA) is 35.8 Å². The summed E-state index contributed by atoms with van der Waals surface area (Å²) >= 11 is 0. The molecule has 0 spiro atoms. The van der Waals surface area contributed by atoms with E-state index in [9.17, 15) is 0 Å². The summed E-state index contributed by atoms with van der Waals surface area (Å²) in [7, 11) is 0. The molecule has 0 aliphatic heterocycles. The summed E-state index contributed by atoms with van der Waals surface area (Å²) in [5, 5.41) is 12.1. The zero-order valence-corrected chi connectivity index (χ0v) is 8.96. The zero-order chi connectivity index (χ0) is 10.6. The van der Waals surface area contributed by atoms with Crippen LogP contribution in [-0.2, 0) is 0 Å². The first-order chi connectivity index (χ1) is 6.67. The molecule has 1 unspecified atom stereocenters. The van der Waals surface area contributed by atoms with Crippen LogP contribution in [0.25, 0.3) is 0 Å². The van der Waals surface area contributed by atoms with Gasteiger partial charge in [-0.05, 0) is 26.0 Å². The highest BCUT2D eigenvalue weighted by Gasteiger charge is 2.08. The maximum atomic E-state index is 8.98. The van der Waals surface area contributed by atoms with E-state index in [1.54, 1.807) is 0 Å². The van der Waals surface area contributed by atoms with E-state index in [1.807, 2.05) is 6.92 Å². The first kappa shape index (κ1) is 10.7. The number of aryl methyl sites for hydroxylation is 2. The lowest BCUT2D eigenvalue weighted by atomic mass is 10.0. The van der Waals surface area contributed by atoms with Gasteiger partial charge in [-0.15, -0.1) is 0 Å². The lowest BCUT2D eigenvalue weighted by Gasteiger charge is -2.11. The number of nitriles is 1. The van der Waals surface area contributed by atoms with Crippen molar-refractivity contribution in [3.05, 3.63) is 34.9 Å². The van der Waals surface area contributed by atoms with Gasteiger partial charge >= 0.3 is 0 Å². The van der Waals surface area contributed by atoms with Gasteiger partial charge in [0.25, 0.3) is 0 Å². The van der Waals surface area contributed by atoms with E-state index in [-0.39, 0.29) is 6.04 Å². The molecular formula is C12H16N2. The van der Waals surface area contributed by atoms with Gasteiger partial charge in [0.2, 0.25) is 0 Å². The van der Waals surface area contributed by atoms with Crippen molar-refractivity contribution in [2.45, 2.75) is 26.8 Å². The standard InChI is InChI=1S/C12H16N2/c1-4-14-12(8-13)11-6-9(2)5-10(3)7-11/h5-7,12,14H,4H2,1-3H3. The molecule has 1 atom stereocenters. The Morgan fingerprint density at radius 1 is 1.29 bits per heavy atom. The minimum Gasteiger partial charge on any atom is -0.298 e. The van der Waals surface area contributed by atoms with Crippen LogP contribution >= 0.6 is 0 Å². The highest BCUT2D eigenvalue weighted by atomic mass is 14.9. The average Bonchev–Trinajstić information content (AvgIpc) is 2.12. The zero-order valence-electron chi connectivity index (χ0n) is 8.96. The molecule has 0 aliphatic rings. The quantitative estimate of drug-likeness (QED) is 0.791. The highest BCUT2D eigenvalue weighted by Crippen LogP contribution is 2.16. The van der Waals surface area contributed by atoms with E-state index in [0.29, 0.717) is 0 Å². The van der Waals surface area contributed by atoms with Gasteiger partial charge in [-0.3, -0.25) is 5.32 Å². The number of rotatable bonds is 3. The maximum Gasteiger partial charge on any atom is 0.121 e. The van der Waals surface area contributed by atoms with Crippen molar-refractivity contribution in [1.82, 2.24) is 5.32 Å². The number of nitrogens with zero attached hydrogens (tertiary/aromatic N) is 1. The summed E-state index contributed by atoms with van der Waals surface area (Å²) < 4.78 is 0. The molecule has 14 heavy (non-hydrogen) atoms. The minimum atomic E-state index is -0.182. The van der Waals surface area contributed by atoms with Gasteiger partial charge in [0.1, 0.15) is 6.04 Å². The molecule has 0 bridgehead atoms. The smallest absolute Gasteiger partial charge is 0.121 e. The molecule has 74 valence electrons. The predicted octanol–water partition coefficient (Wildman–Crippen LogP) is 2.48. The van der Waals surface area contributed by atoms with Crippen molar-refractivity contribution in [3.8, 4) is 6.07 Å². The van der Waals surface area contributed by atoms with E-state index in [1.165, 1.54) is 11.1 Å². The second kappa shape index (κ2) is 4.78. The Labute approximate surface area is 85.6 Å². The summed E-state index contributed by atoms with van der Waals surface area (Å²) in [5.41, 5.74) is 3.48. The van der Waals surface area contributed by atoms with Gasteiger partial charge < -0.3 is 0 Å². The normalized spacial score (nSPS) is 12.1. The van der Waals surface area contributed by atoms with Gasteiger partial charge in [0.05, 0.1) is 6.07 Å². The monoisotopic (exact) mass is 188 g/mol. The lowest BCUT2D eigenvalue weighted by molar-refractivity contribution is 0.657. The van der Waals surface area contributed by atoms with Crippen LogP contribution in [0.1, 0.15) is 29.7 Å². The molecule has 1 N–H and O–H groups in total. The molecule has 0 radical (unpaired) electrons. The van der Waals surface area contributed by atoms with Crippen LogP contribution in [0.4, 0.5) is 0 Å². The maximum absolute atomic E-state index is 8.98. The molecule has 0 saturated heterocycles. The molecule has 0 heterocycles. The number of benzene rings is 1.